The molecule has 0 radical (unpaired) electrons. The first kappa shape index (κ1) is 26.8. The van der Waals surface area contributed by atoms with Gasteiger partial charge in [0.05, 0.1) is 5.56 Å². The third-order valence-corrected chi connectivity index (χ3v) is 6.91. The molecule has 2 heterocycles. The number of benzene rings is 2. The molecular formula is C29H32F3N3O2. The third kappa shape index (κ3) is 6.96. The fourth-order valence-electron chi connectivity index (χ4n) is 5.11. The molecule has 4 rings (SSSR count). The lowest BCUT2D eigenvalue weighted by molar-refractivity contribution is -0.138. The number of aromatic nitrogens is 1. The van der Waals surface area contributed by atoms with E-state index in [9.17, 15) is 18.0 Å². The second-order valence-corrected chi connectivity index (χ2v) is 9.69. The molecule has 196 valence electrons. The van der Waals surface area contributed by atoms with Gasteiger partial charge in [0, 0.05) is 58.1 Å². The number of pyridine rings is 1. The zero-order valence-corrected chi connectivity index (χ0v) is 21.1. The highest BCUT2D eigenvalue weighted by Gasteiger charge is 2.38. The number of alkyl halides is 3. The van der Waals surface area contributed by atoms with Gasteiger partial charge in [-0.15, -0.1) is 0 Å². The third-order valence-electron chi connectivity index (χ3n) is 6.91. The van der Waals surface area contributed by atoms with Gasteiger partial charge in [0.15, 0.2) is 0 Å². The predicted molar refractivity (Wildman–Crippen MR) is 136 cm³/mol. The Morgan fingerprint density at radius 1 is 1.08 bits per heavy atom. The second-order valence-electron chi connectivity index (χ2n) is 9.69. The van der Waals surface area contributed by atoms with Crippen LogP contribution in [0.5, 0.6) is 0 Å². The topological polar surface area (TPSA) is 45.7 Å². The maximum absolute atomic E-state index is 13.6. The Balaban J connectivity index is 1.60. The summed E-state index contributed by atoms with van der Waals surface area (Å²) >= 11 is 0. The zero-order chi connectivity index (χ0) is 26.4. The Morgan fingerprint density at radius 3 is 2.51 bits per heavy atom. The van der Waals surface area contributed by atoms with Crippen molar-refractivity contribution in [3.63, 3.8) is 0 Å². The number of carbonyl (C=O) groups is 1. The molecule has 37 heavy (non-hydrogen) atoms. The predicted octanol–water partition coefficient (Wildman–Crippen LogP) is 5.30. The molecule has 8 heteroatoms. The molecule has 2 unspecified atom stereocenters. The molecular weight excluding hydrogens is 479 g/mol. The first-order valence-electron chi connectivity index (χ1n) is 12.3. The number of rotatable bonds is 9. The number of ether oxygens (including phenoxy) is 1. The number of hydrogen-bond acceptors (Lipinski definition) is 4. The number of methoxy groups -OCH3 is 1. The first-order valence-corrected chi connectivity index (χ1v) is 12.3. The molecule has 0 spiro atoms. The molecule has 1 fully saturated rings. The molecule has 1 amide bonds. The van der Waals surface area contributed by atoms with Crippen LogP contribution in [0.4, 0.5) is 13.2 Å². The van der Waals surface area contributed by atoms with E-state index in [4.69, 9.17) is 4.74 Å². The van der Waals surface area contributed by atoms with Crippen molar-refractivity contribution in [3.8, 4) is 0 Å². The fraction of sp³-hybridized carbons (Fsp3) is 0.379. The molecule has 0 N–H and O–H groups in total. The number of halogens is 3. The number of hydrogen-bond donors (Lipinski definition) is 0. The van der Waals surface area contributed by atoms with Gasteiger partial charge in [0.2, 0.25) is 5.91 Å². The minimum absolute atomic E-state index is 0.0369. The first-order chi connectivity index (χ1) is 17.7. The molecule has 1 aromatic heterocycles. The van der Waals surface area contributed by atoms with E-state index in [-0.39, 0.29) is 36.5 Å². The number of aryl methyl sites for hydroxylation is 1. The van der Waals surface area contributed by atoms with Crippen molar-refractivity contribution in [1.29, 1.82) is 0 Å². The summed E-state index contributed by atoms with van der Waals surface area (Å²) in [5.41, 5.74) is 2.85. The maximum atomic E-state index is 13.6. The van der Waals surface area contributed by atoms with Crippen LogP contribution in [0.1, 0.15) is 33.7 Å². The van der Waals surface area contributed by atoms with E-state index in [2.05, 4.69) is 34.1 Å². The lowest BCUT2D eigenvalue weighted by Gasteiger charge is -2.28. The summed E-state index contributed by atoms with van der Waals surface area (Å²) in [5.74, 6) is -0.0153. The number of carbonyl (C=O) groups excluding carboxylic acids is 1. The van der Waals surface area contributed by atoms with Crippen LogP contribution >= 0.6 is 0 Å². The van der Waals surface area contributed by atoms with Crippen LogP contribution in [0.2, 0.25) is 0 Å². The van der Waals surface area contributed by atoms with E-state index in [1.54, 1.807) is 29.4 Å². The van der Waals surface area contributed by atoms with Crippen LogP contribution in [0.15, 0.2) is 73.1 Å². The molecule has 2 aromatic carbocycles. The van der Waals surface area contributed by atoms with Crippen molar-refractivity contribution in [1.82, 2.24) is 14.8 Å². The van der Waals surface area contributed by atoms with Gasteiger partial charge < -0.3 is 9.64 Å². The normalized spacial score (nSPS) is 18.2. The van der Waals surface area contributed by atoms with Gasteiger partial charge in [-0.2, -0.15) is 13.2 Å². The molecule has 1 aliphatic heterocycles. The molecule has 1 aliphatic rings. The van der Waals surface area contributed by atoms with Crippen LogP contribution < -0.4 is 0 Å². The van der Waals surface area contributed by atoms with Crippen LogP contribution in [0, 0.1) is 12.8 Å². The lowest BCUT2D eigenvalue weighted by Crippen LogP contribution is -2.39. The van der Waals surface area contributed by atoms with Gasteiger partial charge in [-0.05, 0) is 41.7 Å². The second kappa shape index (κ2) is 11.9. The molecule has 1 saturated heterocycles. The van der Waals surface area contributed by atoms with Crippen LogP contribution in [0.25, 0.3) is 0 Å². The van der Waals surface area contributed by atoms with E-state index in [1.165, 1.54) is 13.2 Å². The summed E-state index contributed by atoms with van der Waals surface area (Å²) in [6.45, 7) is 4.23. The Hall–Kier alpha value is -3.23. The zero-order valence-electron chi connectivity index (χ0n) is 21.1. The van der Waals surface area contributed by atoms with Gasteiger partial charge in [-0.1, -0.05) is 54.1 Å². The molecule has 2 atom stereocenters. The van der Waals surface area contributed by atoms with E-state index in [0.717, 1.165) is 22.8 Å². The Labute approximate surface area is 215 Å². The molecule has 0 saturated carbocycles. The Kier molecular flexibility index (Phi) is 8.61. The van der Waals surface area contributed by atoms with Crippen molar-refractivity contribution >= 4 is 5.91 Å². The number of amides is 1. The van der Waals surface area contributed by atoms with Gasteiger partial charge in [0.1, 0.15) is 6.61 Å². The number of likely N-dealkylation sites (tertiary alicyclic amines) is 1. The highest BCUT2D eigenvalue weighted by atomic mass is 19.4. The Bertz CT molecular complexity index is 1170. The quantitative estimate of drug-likeness (QED) is 0.391. The summed E-state index contributed by atoms with van der Waals surface area (Å²) in [6, 6.07) is 17.8. The number of nitrogens with zero attached hydrogens (tertiary/aromatic N) is 3. The lowest BCUT2D eigenvalue weighted by atomic mass is 9.88. The summed E-state index contributed by atoms with van der Waals surface area (Å²) in [4.78, 5) is 21.0. The summed E-state index contributed by atoms with van der Waals surface area (Å²) in [5, 5.41) is 0. The minimum atomic E-state index is -4.40. The van der Waals surface area contributed by atoms with Crippen molar-refractivity contribution in [2.75, 3.05) is 33.4 Å². The van der Waals surface area contributed by atoms with E-state index >= 15 is 0 Å². The summed E-state index contributed by atoms with van der Waals surface area (Å²) in [7, 11) is 1.49. The van der Waals surface area contributed by atoms with Crippen LogP contribution in [-0.4, -0.2) is 54.0 Å². The highest BCUT2D eigenvalue weighted by molar-refractivity contribution is 5.77. The SMILES string of the molecule is COCC(=O)N(Cc1cccnc1)CC1CN(Cc2ccccc2C(F)(F)F)CC1c1ccc(C)cc1. The van der Waals surface area contributed by atoms with Crippen LogP contribution in [-0.2, 0) is 28.8 Å². The molecule has 0 aliphatic carbocycles. The standard InChI is InChI=1S/C29H32F3N3O2/c1-21-9-11-23(12-10-21)26-19-34(16-24-7-3-4-8-27(24)29(30,31)32)17-25(26)18-35(28(36)20-37-2)15-22-6-5-13-33-14-22/h3-14,25-26H,15-20H2,1-2H3. The van der Waals surface area contributed by atoms with E-state index in [0.29, 0.717) is 26.2 Å². The van der Waals surface area contributed by atoms with Gasteiger partial charge in [-0.3, -0.25) is 14.7 Å². The average molecular weight is 512 g/mol. The average Bonchev–Trinajstić information content (AvgIpc) is 3.26. The van der Waals surface area contributed by atoms with E-state index in [1.807, 2.05) is 19.1 Å². The van der Waals surface area contributed by atoms with E-state index < -0.39 is 11.7 Å². The van der Waals surface area contributed by atoms with Crippen LogP contribution in [0.3, 0.4) is 0 Å². The van der Waals surface area contributed by atoms with Crippen molar-refractivity contribution in [2.24, 2.45) is 5.92 Å². The monoisotopic (exact) mass is 511 g/mol. The van der Waals surface area contributed by atoms with Gasteiger partial charge >= 0.3 is 6.18 Å². The van der Waals surface area contributed by atoms with Crippen molar-refractivity contribution in [3.05, 3.63) is 101 Å². The Morgan fingerprint density at radius 2 is 1.84 bits per heavy atom. The molecule has 0 bridgehead atoms. The largest absolute Gasteiger partial charge is 0.416 e. The minimum Gasteiger partial charge on any atom is -0.375 e. The summed E-state index contributed by atoms with van der Waals surface area (Å²) in [6.07, 6.45) is -0.982. The van der Waals surface area contributed by atoms with Gasteiger partial charge in [0.25, 0.3) is 0 Å². The molecule has 5 nitrogen and oxygen atoms in total. The highest BCUT2D eigenvalue weighted by Crippen LogP contribution is 2.37. The smallest absolute Gasteiger partial charge is 0.375 e. The van der Waals surface area contributed by atoms with Crippen molar-refractivity contribution in [2.45, 2.75) is 32.1 Å². The van der Waals surface area contributed by atoms with Gasteiger partial charge in [-0.25, -0.2) is 0 Å². The maximum Gasteiger partial charge on any atom is 0.416 e. The molecule has 3 aromatic rings. The fourth-order valence-corrected chi connectivity index (χ4v) is 5.11. The van der Waals surface area contributed by atoms with Crippen molar-refractivity contribution < 1.29 is 22.7 Å². The summed E-state index contributed by atoms with van der Waals surface area (Å²) < 4.78 is 46.1.